The summed E-state index contributed by atoms with van der Waals surface area (Å²) in [6.07, 6.45) is 42.3. The summed E-state index contributed by atoms with van der Waals surface area (Å²) in [7, 11) is -8.30. The number of nitrogens with zero attached hydrogens (tertiary/aromatic N) is 1. The molecule has 0 rings (SSSR count). The van der Waals surface area contributed by atoms with Gasteiger partial charge in [-0.2, -0.15) is 8.42 Å². The van der Waals surface area contributed by atoms with E-state index in [9.17, 15) is 31.3 Å². The van der Waals surface area contributed by atoms with E-state index in [-0.39, 0.29) is 56.7 Å². The van der Waals surface area contributed by atoms with Crippen LogP contribution in [0.2, 0.25) is 0 Å². The molecular weight excluding hydrogens is 741 g/mol. The van der Waals surface area contributed by atoms with Gasteiger partial charge in [0.2, 0.25) is 5.91 Å². The first-order chi connectivity index (χ1) is 24.9. The quantitative estimate of drug-likeness (QED) is 0.0157. The van der Waals surface area contributed by atoms with Crippen molar-refractivity contribution in [1.82, 2.24) is 5.32 Å². The van der Waals surface area contributed by atoms with Crippen LogP contribution in [-0.2, 0) is 25.0 Å². The van der Waals surface area contributed by atoms with Crippen LogP contribution in [0.4, 0.5) is 0 Å². The van der Waals surface area contributed by atoms with Crippen molar-refractivity contribution in [3.05, 3.63) is 24.3 Å². The van der Waals surface area contributed by atoms with Gasteiger partial charge in [0.25, 0.3) is 10.1 Å². The summed E-state index contributed by atoms with van der Waals surface area (Å²) in [5, 5.41) is 13.7. The van der Waals surface area contributed by atoms with Crippen molar-refractivity contribution in [3.8, 4) is 0 Å². The van der Waals surface area contributed by atoms with Gasteiger partial charge in [-0.15, -0.1) is 0 Å². The molecule has 10 nitrogen and oxygen atoms in total. The van der Waals surface area contributed by atoms with Gasteiger partial charge in [0.05, 0.1) is 28.2 Å². The predicted octanol–water partition coefficient (Wildman–Crippen LogP) is 8.98. The second-order valence-corrected chi connectivity index (χ2v) is 17.0. The maximum Gasteiger partial charge on any atom is 2.00 e. The number of aliphatic imine (C=N–C) groups is 1. The second-order valence-electron chi connectivity index (χ2n) is 13.9. The van der Waals surface area contributed by atoms with Gasteiger partial charge < -0.3 is 20.0 Å². The van der Waals surface area contributed by atoms with E-state index in [2.05, 4.69) is 24.2 Å². The molecule has 0 aliphatic rings. The van der Waals surface area contributed by atoms with Crippen LogP contribution in [0.25, 0.3) is 0 Å². The van der Waals surface area contributed by atoms with Crippen LogP contribution in [0.5, 0.6) is 0 Å². The molecule has 308 valence electrons. The molecule has 0 aromatic rings. The van der Waals surface area contributed by atoms with E-state index in [0.29, 0.717) is 0 Å². The number of carbonyl (C=O) groups is 1. The summed E-state index contributed by atoms with van der Waals surface area (Å²) >= 11 is 0. The van der Waals surface area contributed by atoms with E-state index >= 15 is 0 Å². The molecule has 0 saturated carbocycles. The summed E-state index contributed by atoms with van der Waals surface area (Å²) in [6, 6.07) is 0. The van der Waals surface area contributed by atoms with Crippen molar-refractivity contribution in [2.75, 3.05) is 24.6 Å². The fourth-order valence-electron chi connectivity index (χ4n) is 5.62. The second kappa shape index (κ2) is 42.6. The van der Waals surface area contributed by atoms with Crippen LogP contribution in [-0.4, -0.2) is 100 Å². The molecule has 0 fully saturated rings. The van der Waals surface area contributed by atoms with Crippen molar-refractivity contribution < 1.29 is 35.8 Å². The van der Waals surface area contributed by atoms with Crippen molar-refractivity contribution in [2.24, 2.45) is 4.99 Å². The first-order valence-electron chi connectivity index (χ1n) is 20.6. The molecule has 13 heteroatoms. The summed E-state index contributed by atoms with van der Waals surface area (Å²) in [6.45, 7) is 4.18. The Balaban J connectivity index is -0.000000926. The molecule has 0 atom stereocenters. The van der Waals surface area contributed by atoms with Crippen LogP contribution in [0, 0.1) is 0 Å². The Morgan fingerprint density at radius 2 is 0.925 bits per heavy atom. The third-order valence-corrected chi connectivity index (χ3v) is 10.1. The average Bonchev–Trinajstić information content (AvgIpc) is 3.07. The van der Waals surface area contributed by atoms with Crippen LogP contribution in [0.1, 0.15) is 194 Å². The number of hydrogen-bond donors (Lipinski definition) is 2. The minimum absolute atomic E-state index is 0. The van der Waals surface area contributed by atoms with Gasteiger partial charge in [-0.25, -0.2) is 8.42 Å². The maximum absolute atomic E-state index is 11.4. The molecule has 0 aliphatic carbocycles. The van der Waals surface area contributed by atoms with E-state index in [1.165, 1.54) is 166 Å². The summed E-state index contributed by atoms with van der Waals surface area (Å²) < 4.78 is 60.7. The number of nitrogens with one attached hydrogen (secondary N) is 1. The number of unbranched alkanes of at least 4 members (excludes halogenated alkanes) is 26. The average molecular weight is 817 g/mol. The minimum atomic E-state index is -4.29. The summed E-state index contributed by atoms with van der Waals surface area (Å²) in [5.41, 5.74) is 0. The van der Waals surface area contributed by atoms with Crippen molar-refractivity contribution in [1.29, 1.82) is 0 Å². The smallest absolute Gasteiger partial charge is 0.859 e. The third kappa shape index (κ3) is 55.9. The fraction of sp³-hybridized carbons (Fsp3) is 0.850. The van der Waals surface area contributed by atoms with Gasteiger partial charge >= 0.3 is 37.7 Å². The Bertz CT molecular complexity index is 1110. The van der Waals surface area contributed by atoms with Gasteiger partial charge in [-0.3, -0.25) is 9.35 Å². The molecule has 0 radical (unpaired) electrons. The van der Waals surface area contributed by atoms with E-state index in [0.717, 1.165) is 25.7 Å². The largest absolute Gasteiger partial charge is 2.00 e. The van der Waals surface area contributed by atoms with Gasteiger partial charge in [0, 0.05) is 6.54 Å². The minimum Gasteiger partial charge on any atom is -0.859 e. The SMILES string of the molecule is CCCCCCCCCCCCCCC/C=C/C(=O)NCCS(=O)(=O)O.CCCCCCCCCCCCCCC/C=C/C([O-])=NCCS(=O)(=O)[O-].[Ca+2]. The Hall–Kier alpha value is -0.500. The topological polar surface area (TPSA) is 176 Å². The number of rotatable bonds is 36. The van der Waals surface area contributed by atoms with Crippen LogP contribution >= 0.6 is 0 Å². The Kier molecular flexibility index (Phi) is 45.7. The number of hydrogen-bond acceptors (Lipinski definition) is 8. The normalized spacial score (nSPS) is 12.2. The summed E-state index contributed by atoms with van der Waals surface area (Å²) in [4.78, 5) is 14.9. The number of amides is 1. The van der Waals surface area contributed by atoms with Gasteiger partial charge in [0.1, 0.15) is 0 Å². The zero-order valence-electron chi connectivity index (χ0n) is 33.7. The molecular formula is C40H76CaN2O8S2. The molecule has 0 bridgehead atoms. The van der Waals surface area contributed by atoms with Gasteiger partial charge in [0.15, 0.2) is 0 Å². The standard InChI is InChI=1S/2C20H39NO4S.Ca/c2*1-2-3-4-5-6-7-8-9-10-11-12-13-14-15-16-17-20(22)21-18-19-26(23,24)25;/h2*16-17H,2-15,18-19H2,1H3,(H,21,22)(H,23,24,25);/q;;+2/p-2/b2*17-16+;. The maximum atomic E-state index is 11.4. The molecule has 0 aromatic carbocycles. The van der Waals surface area contributed by atoms with Crippen molar-refractivity contribution in [3.63, 3.8) is 0 Å². The molecule has 0 spiro atoms. The summed E-state index contributed by atoms with van der Waals surface area (Å²) in [5.74, 6) is -1.86. The van der Waals surface area contributed by atoms with Crippen molar-refractivity contribution in [2.45, 2.75) is 194 Å². The van der Waals surface area contributed by atoms with Crippen LogP contribution in [0.3, 0.4) is 0 Å². The number of allylic oxidation sites excluding steroid dienone is 2. The van der Waals surface area contributed by atoms with E-state index < -0.39 is 37.6 Å². The Labute approximate surface area is 355 Å². The predicted molar refractivity (Wildman–Crippen MR) is 221 cm³/mol. The van der Waals surface area contributed by atoms with Crippen LogP contribution in [0.15, 0.2) is 29.3 Å². The van der Waals surface area contributed by atoms with Crippen LogP contribution < -0.4 is 10.4 Å². The molecule has 53 heavy (non-hydrogen) atoms. The zero-order chi connectivity index (χ0) is 39.0. The monoisotopic (exact) mass is 816 g/mol. The molecule has 0 saturated heterocycles. The van der Waals surface area contributed by atoms with Gasteiger partial charge in [-0.1, -0.05) is 186 Å². The third-order valence-electron chi connectivity index (χ3n) is 8.75. The first kappa shape index (κ1) is 56.8. The zero-order valence-corrected chi connectivity index (χ0v) is 37.6. The van der Waals surface area contributed by atoms with E-state index in [1.54, 1.807) is 6.08 Å². The molecule has 0 unspecified atom stereocenters. The molecule has 2 N–H and O–H groups in total. The van der Waals surface area contributed by atoms with E-state index in [1.807, 2.05) is 6.08 Å². The van der Waals surface area contributed by atoms with E-state index in [4.69, 9.17) is 4.55 Å². The molecule has 1 amide bonds. The molecule has 0 aromatic heterocycles. The van der Waals surface area contributed by atoms with Gasteiger partial charge in [-0.05, 0) is 37.7 Å². The first-order valence-corrected chi connectivity index (χ1v) is 23.8. The Morgan fingerprint density at radius 1 is 0.585 bits per heavy atom. The molecule has 0 aliphatic heterocycles. The fourth-order valence-corrected chi connectivity index (χ4v) is 6.29. The van der Waals surface area contributed by atoms with Crippen molar-refractivity contribution >= 4 is 69.8 Å². The molecule has 0 heterocycles. The number of carbonyl (C=O) groups excluding carboxylic acids is 1. The Morgan fingerprint density at radius 3 is 1.26 bits per heavy atom.